The lowest BCUT2D eigenvalue weighted by atomic mass is 10.2. The van der Waals surface area contributed by atoms with Crippen molar-refractivity contribution in [3.8, 4) is 5.88 Å². The fraction of sp³-hybridized carbons (Fsp3) is 0.625. The first-order chi connectivity index (χ1) is 10.9. The number of hydrogen-bond donors (Lipinski definition) is 1. The average molecular weight is 342 g/mol. The van der Waals surface area contributed by atoms with Crippen LogP contribution in [0.2, 0.25) is 5.02 Å². The predicted octanol–water partition coefficient (Wildman–Crippen LogP) is 1.66. The highest BCUT2D eigenvalue weighted by Crippen LogP contribution is 2.21. The number of aromatic nitrogens is 1. The number of nitrogens with zero attached hydrogens (tertiary/aromatic N) is 3. The molecule has 1 amide bonds. The van der Waals surface area contributed by atoms with Crippen molar-refractivity contribution < 1.29 is 14.6 Å². The van der Waals surface area contributed by atoms with Gasteiger partial charge in [0, 0.05) is 38.8 Å². The second-order valence-electron chi connectivity index (χ2n) is 6.09. The van der Waals surface area contributed by atoms with Crippen LogP contribution >= 0.6 is 11.6 Å². The molecule has 1 aliphatic rings. The summed E-state index contributed by atoms with van der Waals surface area (Å²) in [6.07, 6.45) is -0.381. The lowest BCUT2D eigenvalue weighted by Crippen LogP contribution is -2.50. The third-order valence-electron chi connectivity index (χ3n) is 3.56. The Hall–Kier alpha value is -1.37. The van der Waals surface area contributed by atoms with E-state index in [1.54, 1.807) is 24.0 Å². The van der Waals surface area contributed by atoms with E-state index < -0.39 is 0 Å². The molecular formula is C16H24ClN3O3. The number of aliphatic hydroxyl groups excluding tert-OH is 1. The first kappa shape index (κ1) is 18.0. The molecule has 6 nitrogen and oxygen atoms in total. The number of halogens is 1. The molecular weight excluding hydrogens is 318 g/mol. The van der Waals surface area contributed by atoms with Crippen molar-refractivity contribution in [1.29, 1.82) is 0 Å². The van der Waals surface area contributed by atoms with E-state index in [1.165, 1.54) is 0 Å². The van der Waals surface area contributed by atoms with Crippen LogP contribution in [0.3, 0.4) is 0 Å². The van der Waals surface area contributed by atoms with Crippen molar-refractivity contribution in [3.63, 3.8) is 0 Å². The fourth-order valence-corrected chi connectivity index (χ4v) is 2.72. The van der Waals surface area contributed by atoms with Gasteiger partial charge in [-0.3, -0.25) is 9.69 Å². The molecule has 0 radical (unpaired) electrons. The summed E-state index contributed by atoms with van der Waals surface area (Å²) in [6, 6.07) is 3.31. The number of amides is 1. The van der Waals surface area contributed by atoms with Gasteiger partial charge in [-0.1, -0.05) is 11.6 Å². The molecule has 1 N–H and O–H groups in total. The molecule has 0 aliphatic carbocycles. The molecule has 23 heavy (non-hydrogen) atoms. The number of carbonyl (C=O) groups excluding carboxylic acids is 1. The van der Waals surface area contributed by atoms with Crippen LogP contribution in [0.5, 0.6) is 5.88 Å². The molecule has 2 rings (SSSR count). The number of carbonyl (C=O) groups is 1. The van der Waals surface area contributed by atoms with Crippen LogP contribution in [-0.2, 0) is 0 Å². The maximum atomic E-state index is 12.6. The van der Waals surface area contributed by atoms with Crippen molar-refractivity contribution in [2.75, 3.05) is 32.7 Å². The highest BCUT2D eigenvalue weighted by atomic mass is 35.5. The maximum Gasteiger partial charge on any atom is 0.274 e. The average Bonchev–Trinajstić information content (AvgIpc) is 2.48. The zero-order valence-corrected chi connectivity index (χ0v) is 14.6. The van der Waals surface area contributed by atoms with Crippen LogP contribution in [-0.4, -0.2) is 70.7 Å². The van der Waals surface area contributed by atoms with Crippen molar-refractivity contribution in [2.45, 2.75) is 33.0 Å². The molecule has 1 fully saturated rings. The van der Waals surface area contributed by atoms with Crippen LogP contribution in [0.15, 0.2) is 12.1 Å². The molecule has 0 saturated carbocycles. The smallest absolute Gasteiger partial charge is 0.274 e. The summed E-state index contributed by atoms with van der Waals surface area (Å²) in [7, 11) is 0. The quantitative estimate of drug-likeness (QED) is 0.882. The summed E-state index contributed by atoms with van der Waals surface area (Å²) < 4.78 is 5.53. The number of hydrogen-bond acceptors (Lipinski definition) is 5. The molecule has 0 spiro atoms. The predicted molar refractivity (Wildman–Crippen MR) is 89.0 cm³/mol. The molecule has 2 heterocycles. The number of piperazine rings is 1. The molecule has 0 aromatic carbocycles. The number of ether oxygens (including phenoxy) is 1. The van der Waals surface area contributed by atoms with Crippen molar-refractivity contribution >= 4 is 17.5 Å². The molecule has 1 saturated heterocycles. The molecule has 1 atom stereocenters. The van der Waals surface area contributed by atoms with Crippen molar-refractivity contribution in [2.24, 2.45) is 0 Å². The Labute approximate surface area is 142 Å². The lowest BCUT2D eigenvalue weighted by molar-refractivity contribution is 0.0548. The summed E-state index contributed by atoms with van der Waals surface area (Å²) >= 11 is 6.14. The first-order valence-electron chi connectivity index (χ1n) is 7.89. The Morgan fingerprint density at radius 3 is 2.52 bits per heavy atom. The first-order valence-corrected chi connectivity index (χ1v) is 8.27. The van der Waals surface area contributed by atoms with Crippen LogP contribution < -0.4 is 4.74 Å². The molecule has 0 bridgehead atoms. The largest absolute Gasteiger partial charge is 0.475 e. The standard InChI is InChI=1S/C16H24ClN3O3/c1-11(2)23-14-5-4-13(17)15(18-14)16(22)20-8-6-19(7-9-20)10-12(3)21/h4-5,11-12,21H,6-10H2,1-3H3/t12-/m0/s1. The number of pyridine rings is 1. The second-order valence-corrected chi connectivity index (χ2v) is 6.50. The summed E-state index contributed by atoms with van der Waals surface area (Å²) in [5.41, 5.74) is 0.230. The van der Waals surface area contributed by atoms with Crippen molar-refractivity contribution in [1.82, 2.24) is 14.8 Å². The van der Waals surface area contributed by atoms with Gasteiger partial charge in [0.2, 0.25) is 5.88 Å². The molecule has 1 aromatic rings. The van der Waals surface area contributed by atoms with Gasteiger partial charge in [-0.05, 0) is 26.8 Å². The molecule has 128 valence electrons. The van der Waals surface area contributed by atoms with Gasteiger partial charge in [0.1, 0.15) is 0 Å². The van der Waals surface area contributed by atoms with Crippen LogP contribution in [0.4, 0.5) is 0 Å². The Balaban J connectivity index is 2.03. The normalized spacial score (nSPS) is 17.4. The molecule has 7 heteroatoms. The van der Waals surface area contributed by atoms with E-state index in [4.69, 9.17) is 16.3 Å². The fourth-order valence-electron chi connectivity index (χ4n) is 2.54. The van der Waals surface area contributed by atoms with E-state index in [0.717, 1.165) is 13.1 Å². The topological polar surface area (TPSA) is 65.9 Å². The maximum absolute atomic E-state index is 12.6. The van der Waals surface area contributed by atoms with E-state index in [2.05, 4.69) is 9.88 Å². The Morgan fingerprint density at radius 1 is 1.30 bits per heavy atom. The third kappa shape index (κ3) is 5.06. The molecule has 1 aromatic heterocycles. The van der Waals surface area contributed by atoms with Crippen LogP contribution in [0, 0.1) is 0 Å². The van der Waals surface area contributed by atoms with Gasteiger partial charge in [0.25, 0.3) is 5.91 Å². The van der Waals surface area contributed by atoms with Gasteiger partial charge in [0.05, 0.1) is 17.2 Å². The van der Waals surface area contributed by atoms with Crippen LogP contribution in [0.25, 0.3) is 0 Å². The van der Waals surface area contributed by atoms with E-state index >= 15 is 0 Å². The molecule has 1 aliphatic heterocycles. The van der Waals surface area contributed by atoms with Crippen LogP contribution in [0.1, 0.15) is 31.3 Å². The Kier molecular flexibility index (Phi) is 6.21. The highest BCUT2D eigenvalue weighted by Gasteiger charge is 2.25. The van der Waals surface area contributed by atoms with Gasteiger partial charge < -0.3 is 14.7 Å². The summed E-state index contributed by atoms with van der Waals surface area (Å²) in [5.74, 6) is 0.224. The highest BCUT2D eigenvalue weighted by molar-refractivity contribution is 6.33. The van der Waals surface area contributed by atoms with E-state index in [9.17, 15) is 9.90 Å². The lowest BCUT2D eigenvalue weighted by Gasteiger charge is -2.35. The monoisotopic (exact) mass is 341 g/mol. The van der Waals surface area contributed by atoms with Gasteiger partial charge in [-0.2, -0.15) is 0 Å². The van der Waals surface area contributed by atoms with Gasteiger partial charge in [0.15, 0.2) is 5.69 Å². The summed E-state index contributed by atoms with van der Waals surface area (Å²) in [6.45, 7) is 8.85. The second kappa shape index (κ2) is 7.95. The summed E-state index contributed by atoms with van der Waals surface area (Å²) in [4.78, 5) is 20.8. The Morgan fingerprint density at radius 2 is 1.96 bits per heavy atom. The number of aliphatic hydroxyl groups is 1. The van der Waals surface area contributed by atoms with Gasteiger partial charge in [-0.25, -0.2) is 4.98 Å². The summed E-state index contributed by atoms with van der Waals surface area (Å²) in [5, 5.41) is 9.76. The van der Waals surface area contributed by atoms with Crippen molar-refractivity contribution in [3.05, 3.63) is 22.8 Å². The number of rotatable bonds is 5. The Bertz CT molecular complexity index is 543. The van der Waals surface area contributed by atoms with E-state index in [1.807, 2.05) is 13.8 Å². The van der Waals surface area contributed by atoms with Gasteiger partial charge >= 0.3 is 0 Å². The minimum absolute atomic E-state index is 0.0179. The minimum atomic E-state index is -0.363. The third-order valence-corrected chi connectivity index (χ3v) is 3.87. The van der Waals surface area contributed by atoms with E-state index in [0.29, 0.717) is 30.5 Å². The molecule has 0 unspecified atom stereocenters. The minimum Gasteiger partial charge on any atom is -0.475 e. The van der Waals surface area contributed by atoms with Gasteiger partial charge in [-0.15, -0.1) is 0 Å². The zero-order chi connectivity index (χ0) is 17.0. The van der Waals surface area contributed by atoms with E-state index in [-0.39, 0.29) is 23.8 Å². The zero-order valence-electron chi connectivity index (χ0n) is 13.8. The SMILES string of the molecule is CC(C)Oc1ccc(Cl)c(C(=O)N2CCN(C[C@H](C)O)CC2)n1. The number of β-amino-alcohol motifs (C(OH)–C–C–N with tert-alkyl or cyclic N) is 1.